The highest BCUT2D eigenvalue weighted by Crippen LogP contribution is 2.38. The van der Waals surface area contributed by atoms with Gasteiger partial charge in [0.1, 0.15) is 5.69 Å². The fourth-order valence-corrected chi connectivity index (χ4v) is 2.17. The Morgan fingerprint density at radius 1 is 1.27 bits per heavy atom. The quantitative estimate of drug-likeness (QED) is 0.725. The Morgan fingerprint density at radius 3 is 2.73 bits per heavy atom. The number of nitrogens with zero attached hydrogens (tertiary/aromatic N) is 4. The summed E-state index contributed by atoms with van der Waals surface area (Å²) in [6.07, 6.45) is 1.59. The van der Waals surface area contributed by atoms with Crippen molar-refractivity contribution in [3.05, 3.63) is 48.2 Å². The van der Waals surface area contributed by atoms with E-state index in [1.165, 1.54) is 6.07 Å². The second-order valence-corrected chi connectivity index (χ2v) is 4.72. The lowest BCUT2D eigenvalue weighted by molar-refractivity contribution is 0.0998. The molecule has 0 fully saturated rings. The lowest BCUT2D eigenvalue weighted by Gasteiger charge is -2.08. The van der Waals surface area contributed by atoms with E-state index in [1.807, 2.05) is 18.2 Å². The molecule has 3 N–H and O–H groups in total. The van der Waals surface area contributed by atoms with Gasteiger partial charge in [0.2, 0.25) is 0 Å². The van der Waals surface area contributed by atoms with Gasteiger partial charge >= 0.3 is 0 Å². The van der Waals surface area contributed by atoms with Crippen molar-refractivity contribution in [2.24, 2.45) is 23.0 Å². The predicted octanol–water partition coefficient (Wildman–Crippen LogP) is 2.79. The number of primary amides is 1. The Hall–Kier alpha value is -3.22. The number of amides is 1. The molecular weight excluding hydrogens is 282 g/mol. The van der Waals surface area contributed by atoms with Gasteiger partial charge in [0, 0.05) is 18.5 Å². The first-order chi connectivity index (χ1) is 10.6. The van der Waals surface area contributed by atoms with Gasteiger partial charge < -0.3 is 10.8 Å². The maximum atomic E-state index is 11.5. The third-order valence-electron chi connectivity index (χ3n) is 3.31. The van der Waals surface area contributed by atoms with Crippen LogP contribution in [0.2, 0.25) is 0 Å². The number of nitrogens with two attached hydrogens (primary N) is 1. The van der Waals surface area contributed by atoms with Gasteiger partial charge in [-0.05, 0) is 11.5 Å². The van der Waals surface area contributed by atoms with E-state index in [0.717, 1.165) is 5.39 Å². The zero-order chi connectivity index (χ0) is 15.7. The highest BCUT2D eigenvalue weighted by Gasteiger charge is 2.16. The summed E-state index contributed by atoms with van der Waals surface area (Å²) in [6, 6.07) is 10.5. The largest absolute Gasteiger partial charge is 0.505 e. The van der Waals surface area contributed by atoms with Gasteiger partial charge in [-0.3, -0.25) is 4.79 Å². The van der Waals surface area contributed by atoms with E-state index in [2.05, 4.69) is 15.3 Å². The molecule has 1 heterocycles. The molecule has 0 atom stereocenters. The molecule has 0 radical (unpaired) electrons. The number of fused-ring (bicyclic) bond motifs is 1. The number of hydrogen-bond donors (Lipinski definition) is 2. The summed E-state index contributed by atoms with van der Waals surface area (Å²) < 4.78 is 1.54. The molecule has 110 valence electrons. The van der Waals surface area contributed by atoms with Crippen LogP contribution in [0.1, 0.15) is 10.4 Å². The Kier molecular flexibility index (Phi) is 3.30. The number of phenols is 1. The topological polar surface area (TPSA) is 106 Å². The van der Waals surface area contributed by atoms with Crippen molar-refractivity contribution in [2.75, 3.05) is 0 Å². The number of carbonyl (C=O) groups is 1. The van der Waals surface area contributed by atoms with Crippen molar-refractivity contribution in [3.8, 4) is 5.75 Å². The Morgan fingerprint density at radius 2 is 2.05 bits per heavy atom. The SMILES string of the molecule is Cn1nccc1N=Nc1c(O)c(C(N)=O)cc2ccccc12. The van der Waals surface area contributed by atoms with Crippen LogP contribution in [-0.2, 0) is 7.05 Å². The average molecular weight is 295 g/mol. The molecule has 0 saturated carbocycles. The molecule has 0 spiro atoms. The molecule has 2 aromatic carbocycles. The van der Waals surface area contributed by atoms with Gasteiger partial charge in [0.25, 0.3) is 5.91 Å². The average Bonchev–Trinajstić information content (AvgIpc) is 2.91. The van der Waals surface area contributed by atoms with Crippen LogP contribution in [0.4, 0.5) is 11.5 Å². The highest BCUT2D eigenvalue weighted by atomic mass is 16.3. The fourth-order valence-electron chi connectivity index (χ4n) is 2.17. The molecule has 7 nitrogen and oxygen atoms in total. The number of carbonyl (C=O) groups excluding carboxylic acids is 1. The molecular formula is C15H13N5O2. The molecule has 0 unspecified atom stereocenters. The molecule has 1 amide bonds. The van der Waals surface area contributed by atoms with Crippen LogP contribution in [-0.4, -0.2) is 20.8 Å². The zero-order valence-electron chi connectivity index (χ0n) is 11.8. The van der Waals surface area contributed by atoms with Crippen molar-refractivity contribution in [1.29, 1.82) is 0 Å². The van der Waals surface area contributed by atoms with Crippen molar-refractivity contribution in [1.82, 2.24) is 9.78 Å². The second kappa shape index (κ2) is 5.28. The van der Waals surface area contributed by atoms with Gasteiger partial charge in [-0.25, -0.2) is 4.68 Å². The number of benzene rings is 2. The predicted molar refractivity (Wildman–Crippen MR) is 81.5 cm³/mol. The van der Waals surface area contributed by atoms with Crippen LogP contribution in [0.25, 0.3) is 10.8 Å². The summed E-state index contributed by atoms with van der Waals surface area (Å²) >= 11 is 0. The zero-order valence-corrected chi connectivity index (χ0v) is 11.8. The third-order valence-corrected chi connectivity index (χ3v) is 3.31. The second-order valence-electron chi connectivity index (χ2n) is 4.72. The molecule has 3 rings (SSSR count). The normalized spacial score (nSPS) is 11.3. The van der Waals surface area contributed by atoms with Gasteiger partial charge in [0.05, 0.1) is 11.8 Å². The summed E-state index contributed by atoms with van der Waals surface area (Å²) in [4.78, 5) is 11.5. The summed E-state index contributed by atoms with van der Waals surface area (Å²) in [5.74, 6) is -0.481. The summed E-state index contributed by atoms with van der Waals surface area (Å²) in [5, 5.41) is 23.8. The first-order valence-electron chi connectivity index (χ1n) is 6.52. The van der Waals surface area contributed by atoms with E-state index >= 15 is 0 Å². The first kappa shape index (κ1) is 13.7. The van der Waals surface area contributed by atoms with Crippen LogP contribution in [0.5, 0.6) is 5.75 Å². The van der Waals surface area contributed by atoms with Gasteiger partial charge in [-0.1, -0.05) is 24.3 Å². The highest BCUT2D eigenvalue weighted by molar-refractivity contribution is 6.06. The van der Waals surface area contributed by atoms with Gasteiger partial charge in [-0.15, -0.1) is 10.2 Å². The summed E-state index contributed by atoms with van der Waals surface area (Å²) in [6.45, 7) is 0. The number of aromatic hydroxyl groups is 1. The van der Waals surface area contributed by atoms with E-state index in [4.69, 9.17) is 5.73 Å². The van der Waals surface area contributed by atoms with Crippen LogP contribution in [0, 0.1) is 0 Å². The lowest BCUT2D eigenvalue weighted by Crippen LogP contribution is -2.11. The van der Waals surface area contributed by atoms with Gasteiger partial charge in [0.15, 0.2) is 11.6 Å². The molecule has 0 saturated heterocycles. The maximum Gasteiger partial charge on any atom is 0.252 e. The van der Waals surface area contributed by atoms with Crippen molar-refractivity contribution >= 4 is 28.2 Å². The standard InChI is InChI=1S/C15H13N5O2/c1-20-12(6-7-17-20)18-19-13-10-5-3-2-4-9(10)8-11(14(13)21)15(16)22/h2-8,21H,1H3,(H2,16,22). The summed E-state index contributed by atoms with van der Waals surface area (Å²) in [5.41, 5.74) is 5.52. The molecule has 3 aromatic rings. The minimum absolute atomic E-state index is 0.0117. The minimum atomic E-state index is -0.722. The van der Waals surface area contributed by atoms with Crippen molar-refractivity contribution < 1.29 is 9.90 Å². The fraction of sp³-hybridized carbons (Fsp3) is 0.0667. The third kappa shape index (κ3) is 2.28. The molecule has 0 bridgehead atoms. The van der Waals surface area contributed by atoms with Crippen LogP contribution in [0.15, 0.2) is 52.8 Å². The summed E-state index contributed by atoms with van der Waals surface area (Å²) in [7, 11) is 1.73. The maximum absolute atomic E-state index is 11.5. The van der Waals surface area contributed by atoms with E-state index < -0.39 is 5.91 Å². The van der Waals surface area contributed by atoms with Crippen molar-refractivity contribution in [3.63, 3.8) is 0 Å². The number of hydrogen-bond acceptors (Lipinski definition) is 5. The lowest BCUT2D eigenvalue weighted by atomic mass is 10.0. The van der Waals surface area contributed by atoms with E-state index in [9.17, 15) is 9.90 Å². The minimum Gasteiger partial charge on any atom is -0.505 e. The number of rotatable bonds is 3. The Labute approximate surface area is 125 Å². The number of azo groups is 1. The molecule has 0 aliphatic rings. The Bertz CT molecular complexity index is 898. The monoisotopic (exact) mass is 295 g/mol. The van der Waals surface area contributed by atoms with Crippen LogP contribution in [0.3, 0.4) is 0 Å². The van der Waals surface area contributed by atoms with E-state index in [1.54, 1.807) is 30.1 Å². The van der Waals surface area contributed by atoms with Crippen LogP contribution >= 0.6 is 0 Å². The molecule has 0 aliphatic heterocycles. The first-order valence-corrected chi connectivity index (χ1v) is 6.52. The number of aromatic nitrogens is 2. The Balaban J connectivity index is 2.22. The molecule has 1 aromatic heterocycles. The van der Waals surface area contributed by atoms with E-state index in [0.29, 0.717) is 11.2 Å². The smallest absolute Gasteiger partial charge is 0.252 e. The van der Waals surface area contributed by atoms with Crippen molar-refractivity contribution in [2.45, 2.75) is 0 Å². The molecule has 0 aliphatic carbocycles. The number of aryl methyl sites for hydroxylation is 1. The van der Waals surface area contributed by atoms with Gasteiger partial charge in [-0.2, -0.15) is 5.10 Å². The van der Waals surface area contributed by atoms with E-state index in [-0.39, 0.29) is 17.0 Å². The molecule has 22 heavy (non-hydrogen) atoms. The molecule has 7 heteroatoms. The van der Waals surface area contributed by atoms with Crippen LogP contribution < -0.4 is 5.73 Å².